The van der Waals surface area contributed by atoms with Crippen LogP contribution in [0.25, 0.3) is 0 Å². The van der Waals surface area contributed by atoms with Gasteiger partial charge in [-0.3, -0.25) is 9.59 Å². The van der Waals surface area contributed by atoms with Crippen LogP contribution in [0.15, 0.2) is 18.3 Å². The lowest BCUT2D eigenvalue weighted by Crippen LogP contribution is -2.35. The molecule has 0 unspecified atom stereocenters. The number of hydrogen-bond donors (Lipinski definition) is 3. The molecule has 0 aliphatic rings. The quantitative estimate of drug-likeness (QED) is 0.632. The molecule has 0 aromatic carbocycles. The van der Waals surface area contributed by atoms with E-state index in [-0.39, 0.29) is 18.9 Å². The van der Waals surface area contributed by atoms with Crippen molar-refractivity contribution in [2.24, 2.45) is 12.8 Å². The highest BCUT2D eigenvalue weighted by molar-refractivity contribution is 5.92. The van der Waals surface area contributed by atoms with Crippen LogP contribution >= 0.6 is 0 Å². The van der Waals surface area contributed by atoms with E-state index in [2.05, 4.69) is 5.32 Å². The summed E-state index contributed by atoms with van der Waals surface area (Å²) < 4.78 is 1.69. The largest absolute Gasteiger partial charge is 0.480 e. The van der Waals surface area contributed by atoms with Crippen LogP contribution in [0.4, 0.5) is 0 Å². The van der Waals surface area contributed by atoms with Gasteiger partial charge in [0.1, 0.15) is 11.7 Å². The molecule has 0 fully saturated rings. The molecule has 1 aromatic heterocycles. The molecule has 4 N–H and O–H groups in total. The SMILES string of the molecule is Cn1cccc1C(=O)NCC[C@H](N)C(=O)O. The molecule has 0 radical (unpaired) electrons. The fourth-order valence-electron chi connectivity index (χ4n) is 1.25. The third-order valence-corrected chi connectivity index (χ3v) is 2.23. The summed E-state index contributed by atoms with van der Waals surface area (Å²) in [5.74, 6) is -1.29. The second-order valence-corrected chi connectivity index (χ2v) is 3.49. The first-order valence-electron chi connectivity index (χ1n) is 4.90. The summed E-state index contributed by atoms with van der Waals surface area (Å²) in [6.45, 7) is 0.248. The van der Waals surface area contributed by atoms with Crippen LogP contribution in [0.3, 0.4) is 0 Å². The molecule has 1 atom stereocenters. The number of carboxylic acid groups (broad SMARTS) is 1. The number of aromatic nitrogens is 1. The minimum absolute atomic E-state index is 0.214. The first-order valence-corrected chi connectivity index (χ1v) is 4.90. The average molecular weight is 225 g/mol. The number of amides is 1. The number of aryl methyl sites for hydroxylation is 1. The van der Waals surface area contributed by atoms with Crippen LogP contribution in [-0.4, -0.2) is 34.1 Å². The fraction of sp³-hybridized carbons (Fsp3) is 0.400. The molecule has 6 heteroatoms. The second kappa shape index (κ2) is 5.32. The number of nitrogens with zero attached hydrogens (tertiary/aromatic N) is 1. The predicted molar refractivity (Wildman–Crippen MR) is 58.0 cm³/mol. The van der Waals surface area contributed by atoms with E-state index in [1.54, 1.807) is 29.9 Å². The molecule has 0 aliphatic carbocycles. The molecule has 1 aromatic rings. The molecule has 1 rings (SSSR count). The maximum atomic E-state index is 11.6. The predicted octanol–water partition coefficient (Wildman–Crippen LogP) is -0.443. The van der Waals surface area contributed by atoms with Gasteiger partial charge in [-0.05, 0) is 18.6 Å². The third-order valence-electron chi connectivity index (χ3n) is 2.23. The Morgan fingerprint density at radius 3 is 2.81 bits per heavy atom. The van der Waals surface area contributed by atoms with Gasteiger partial charge in [-0.2, -0.15) is 0 Å². The van der Waals surface area contributed by atoms with E-state index in [9.17, 15) is 9.59 Å². The van der Waals surface area contributed by atoms with Crippen molar-refractivity contribution in [2.75, 3.05) is 6.54 Å². The monoisotopic (exact) mass is 225 g/mol. The molecule has 1 amide bonds. The smallest absolute Gasteiger partial charge is 0.320 e. The average Bonchev–Trinajstić information content (AvgIpc) is 2.64. The van der Waals surface area contributed by atoms with Gasteiger partial charge in [0.25, 0.3) is 5.91 Å². The normalized spacial score (nSPS) is 12.1. The van der Waals surface area contributed by atoms with Crippen molar-refractivity contribution in [1.82, 2.24) is 9.88 Å². The summed E-state index contributed by atoms with van der Waals surface area (Å²) in [5.41, 5.74) is 5.83. The number of aliphatic carboxylic acids is 1. The van der Waals surface area contributed by atoms with E-state index in [1.165, 1.54) is 0 Å². The molecule has 6 nitrogen and oxygen atoms in total. The van der Waals surface area contributed by atoms with Gasteiger partial charge in [0.15, 0.2) is 0 Å². The molecular weight excluding hydrogens is 210 g/mol. The van der Waals surface area contributed by atoms with Crippen molar-refractivity contribution in [2.45, 2.75) is 12.5 Å². The first kappa shape index (κ1) is 12.3. The standard InChI is InChI=1S/C10H15N3O3/c1-13-6-2-3-8(13)9(14)12-5-4-7(11)10(15)16/h2-3,6-7H,4-5,11H2,1H3,(H,12,14)(H,15,16)/t7-/m0/s1. The lowest BCUT2D eigenvalue weighted by Gasteiger charge is -2.08. The summed E-state index contributed by atoms with van der Waals surface area (Å²) in [5, 5.41) is 11.1. The molecule has 0 saturated heterocycles. The van der Waals surface area contributed by atoms with E-state index >= 15 is 0 Å². The molecule has 0 saturated carbocycles. The highest BCUT2D eigenvalue weighted by Crippen LogP contribution is 1.99. The molecule has 0 aliphatic heterocycles. The Labute approximate surface area is 93.0 Å². The Morgan fingerprint density at radius 2 is 2.31 bits per heavy atom. The first-order chi connectivity index (χ1) is 7.52. The second-order valence-electron chi connectivity index (χ2n) is 3.49. The van der Waals surface area contributed by atoms with Crippen molar-refractivity contribution in [3.05, 3.63) is 24.0 Å². The summed E-state index contributed by atoms with van der Waals surface area (Å²) in [7, 11) is 1.76. The summed E-state index contributed by atoms with van der Waals surface area (Å²) in [4.78, 5) is 22.0. The zero-order valence-electron chi connectivity index (χ0n) is 9.01. The molecule has 88 valence electrons. The van der Waals surface area contributed by atoms with Gasteiger partial charge in [0.2, 0.25) is 0 Å². The summed E-state index contributed by atoms with van der Waals surface area (Å²) >= 11 is 0. The number of hydrogen-bond acceptors (Lipinski definition) is 3. The number of carbonyl (C=O) groups is 2. The highest BCUT2D eigenvalue weighted by Gasteiger charge is 2.12. The summed E-state index contributed by atoms with van der Waals surface area (Å²) in [6.07, 6.45) is 1.98. The van der Waals surface area contributed by atoms with Crippen molar-refractivity contribution >= 4 is 11.9 Å². The molecular formula is C10H15N3O3. The molecule has 0 bridgehead atoms. The Kier molecular flexibility index (Phi) is 4.07. The van der Waals surface area contributed by atoms with Crippen molar-refractivity contribution in [3.8, 4) is 0 Å². The van der Waals surface area contributed by atoms with Crippen molar-refractivity contribution < 1.29 is 14.7 Å². The van der Waals surface area contributed by atoms with Gasteiger partial charge in [0.05, 0.1) is 0 Å². The number of rotatable bonds is 5. The van der Waals surface area contributed by atoms with Gasteiger partial charge in [0, 0.05) is 19.8 Å². The van der Waals surface area contributed by atoms with Crippen LogP contribution in [0.1, 0.15) is 16.9 Å². The maximum Gasteiger partial charge on any atom is 0.320 e. The Morgan fingerprint density at radius 1 is 1.62 bits per heavy atom. The Hall–Kier alpha value is -1.82. The molecule has 1 heterocycles. The van der Waals surface area contributed by atoms with Crippen LogP contribution in [0.2, 0.25) is 0 Å². The lowest BCUT2D eigenvalue weighted by molar-refractivity contribution is -0.138. The molecule has 0 spiro atoms. The Bertz CT molecular complexity index is 386. The zero-order valence-corrected chi connectivity index (χ0v) is 9.01. The number of nitrogens with one attached hydrogen (secondary N) is 1. The van der Waals surface area contributed by atoms with E-state index < -0.39 is 12.0 Å². The molecule has 16 heavy (non-hydrogen) atoms. The van der Waals surface area contributed by atoms with Gasteiger partial charge >= 0.3 is 5.97 Å². The number of carboxylic acids is 1. The van der Waals surface area contributed by atoms with E-state index in [4.69, 9.17) is 10.8 Å². The summed E-state index contributed by atoms with van der Waals surface area (Å²) in [6, 6.07) is 2.51. The number of carbonyl (C=O) groups excluding carboxylic acids is 1. The Balaban J connectivity index is 2.37. The van der Waals surface area contributed by atoms with Gasteiger partial charge < -0.3 is 20.7 Å². The topological polar surface area (TPSA) is 97.4 Å². The van der Waals surface area contributed by atoms with Gasteiger partial charge in [-0.15, -0.1) is 0 Å². The van der Waals surface area contributed by atoms with Crippen LogP contribution in [0, 0.1) is 0 Å². The minimum atomic E-state index is -1.06. The zero-order chi connectivity index (χ0) is 12.1. The lowest BCUT2D eigenvalue weighted by atomic mass is 10.2. The number of nitrogens with two attached hydrogens (primary N) is 1. The fourth-order valence-corrected chi connectivity index (χ4v) is 1.25. The van der Waals surface area contributed by atoms with E-state index in [1.807, 2.05) is 0 Å². The van der Waals surface area contributed by atoms with Crippen LogP contribution < -0.4 is 11.1 Å². The van der Waals surface area contributed by atoms with Crippen LogP contribution in [-0.2, 0) is 11.8 Å². The van der Waals surface area contributed by atoms with Crippen LogP contribution in [0.5, 0.6) is 0 Å². The minimum Gasteiger partial charge on any atom is -0.480 e. The van der Waals surface area contributed by atoms with Crippen molar-refractivity contribution in [1.29, 1.82) is 0 Å². The van der Waals surface area contributed by atoms with Crippen molar-refractivity contribution in [3.63, 3.8) is 0 Å². The third kappa shape index (κ3) is 3.09. The highest BCUT2D eigenvalue weighted by atomic mass is 16.4. The van der Waals surface area contributed by atoms with Gasteiger partial charge in [-0.25, -0.2) is 0 Å². The van der Waals surface area contributed by atoms with E-state index in [0.717, 1.165) is 0 Å². The van der Waals surface area contributed by atoms with E-state index in [0.29, 0.717) is 5.69 Å². The van der Waals surface area contributed by atoms with Gasteiger partial charge in [-0.1, -0.05) is 0 Å². The maximum absolute atomic E-state index is 11.6.